The first-order valence-corrected chi connectivity index (χ1v) is 8.73. The van der Waals surface area contributed by atoms with Crippen LogP contribution in [0.3, 0.4) is 0 Å². The Kier molecular flexibility index (Phi) is 6.26. The molecular formula is C18H32O9. The molecule has 0 aliphatic carbocycles. The van der Waals surface area contributed by atoms with Crippen LogP contribution in [0.2, 0.25) is 0 Å². The van der Waals surface area contributed by atoms with Gasteiger partial charge in [-0.3, -0.25) is 9.59 Å². The van der Waals surface area contributed by atoms with Crippen molar-refractivity contribution in [2.45, 2.75) is 89.7 Å². The smallest absolute Gasteiger partial charge is 0.302 e. The highest BCUT2D eigenvalue weighted by Gasteiger charge is 2.76. The zero-order valence-corrected chi connectivity index (χ0v) is 16.9. The Bertz CT molecular complexity index is 598. The van der Waals surface area contributed by atoms with Crippen LogP contribution in [0.5, 0.6) is 0 Å². The van der Waals surface area contributed by atoms with Crippen molar-refractivity contribution in [3.63, 3.8) is 0 Å². The van der Waals surface area contributed by atoms with Gasteiger partial charge in [0.25, 0.3) is 0 Å². The minimum Gasteiger partial charge on any atom is -0.463 e. The molecule has 1 aliphatic rings. The molecular weight excluding hydrogens is 360 g/mol. The van der Waals surface area contributed by atoms with Crippen LogP contribution in [0, 0.1) is 5.41 Å². The van der Waals surface area contributed by atoms with E-state index in [1.54, 1.807) is 0 Å². The van der Waals surface area contributed by atoms with Crippen LogP contribution in [0.25, 0.3) is 0 Å². The second kappa shape index (κ2) is 7.06. The fraction of sp³-hybridized carbons (Fsp3) is 0.889. The monoisotopic (exact) mass is 392 g/mol. The topological polar surface area (TPSA) is 154 Å². The van der Waals surface area contributed by atoms with Gasteiger partial charge in [0.2, 0.25) is 0 Å². The van der Waals surface area contributed by atoms with Crippen molar-refractivity contribution in [1.29, 1.82) is 0 Å². The maximum Gasteiger partial charge on any atom is 0.302 e. The van der Waals surface area contributed by atoms with Crippen molar-refractivity contribution in [3.8, 4) is 0 Å². The summed E-state index contributed by atoms with van der Waals surface area (Å²) in [6, 6.07) is 0. The van der Waals surface area contributed by atoms with E-state index in [0.717, 1.165) is 6.92 Å². The second-order valence-electron chi connectivity index (χ2n) is 8.44. The maximum atomic E-state index is 11.9. The van der Waals surface area contributed by atoms with Gasteiger partial charge in [0.05, 0.1) is 0 Å². The molecule has 0 radical (unpaired) electrons. The normalized spacial score (nSPS) is 40.9. The molecule has 0 aromatic carbocycles. The fourth-order valence-corrected chi connectivity index (χ4v) is 3.75. The Morgan fingerprint density at radius 3 is 1.89 bits per heavy atom. The SMILES string of the molecule is CC(=O)C[C@@]1(O)C(C)(C(O)C(O)COC(C)=O)O[C@@](C)(O)C(C)(C)[C@@]1(C)O. The highest BCUT2D eigenvalue weighted by molar-refractivity contribution is 5.77. The van der Waals surface area contributed by atoms with E-state index in [1.165, 1.54) is 41.5 Å². The molecule has 5 N–H and O–H groups in total. The van der Waals surface area contributed by atoms with Crippen LogP contribution >= 0.6 is 0 Å². The van der Waals surface area contributed by atoms with Crippen LogP contribution < -0.4 is 0 Å². The minimum absolute atomic E-state index is 0.508. The Labute approximate surface area is 158 Å². The minimum atomic E-state index is -2.39. The van der Waals surface area contributed by atoms with Gasteiger partial charge in [-0.2, -0.15) is 0 Å². The lowest BCUT2D eigenvalue weighted by molar-refractivity contribution is -0.448. The van der Waals surface area contributed by atoms with Crippen LogP contribution in [0.15, 0.2) is 0 Å². The standard InChI is InChI=1S/C18H32O9/c1-10(19)8-18(25)15(5,13(22)12(21)9-26-11(2)20)27-17(7,24)14(3,4)16(18,6)23/h12-13,21-25H,8-9H2,1-7H3/t12?,13?,15?,16-,17-,18-/m1/s1. The Balaban J connectivity index is 3.54. The molecule has 0 saturated carbocycles. The molecule has 6 atom stereocenters. The summed E-state index contributed by atoms with van der Waals surface area (Å²) in [5.74, 6) is -3.27. The van der Waals surface area contributed by atoms with E-state index in [4.69, 9.17) is 4.74 Å². The van der Waals surface area contributed by atoms with Crippen LogP contribution in [0.4, 0.5) is 0 Å². The lowest BCUT2D eigenvalue weighted by atomic mass is 9.53. The number of carbonyl (C=O) groups is 2. The molecule has 1 aliphatic heterocycles. The lowest BCUT2D eigenvalue weighted by Gasteiger charge is -2.67. The zero-order chi connectivity index (χ0) is 21.6. The largest absolute Gasteiger partial charge is 0.463 e. The molecule has 0 bridgehead atoms. The van der Waals surface area contributed by atoms with Gasteiger partial charge in [0.15, 0.2) is 5.79 Å². The number of rotatable bonds is 6. The van der Waals surface area contributed by atoms with Crippen molar-refractivity contribution >= 4 is 11.8 Å². The van der Waals surface area contributed by atoms with Gasteiger partial charge in [-0.15, -0.1) is 0 Å². The molecule has 158 valence electrons. The fourth-order valence-electron chi connectivity index (χ4n) is 3.75. The summed E-state index contributed by atoms with van der Waals surface area (Å²) in [5, 5.41) is 54.6. The predicted molar refractivity (Wildman–Crippen MR) is 93.4 cm³/mol. The number of aliphatic hydroxyl groups is 5. The maximum absolute atomic E-state index is 11.9. The Morgan fingerprint density at radius 1 is 1.00 bits per heavy atom. The van der Waals surface area contributed by atoms with Crippen molar-refractivity contribution in [1.82, 2.24) is 0 Å². The molecule has 27 heavy (non-hydrogen) atoms. The van der Waals surface area contributed by atoms with E-state index < -0.39 is 65.0 Å². The van der Waals surface area contributed by atoms with Crippen LogP contribution in [-0.4, -0.2) is 78.7 Å². The van der Waals surface area contributed by atoms with E-state index in [0.29, 0.717) is 0 Å². The first-order chi connectivity index (χ1) is 11.9. The summed E-state index contributed by atoms with van der Waals surface area (Å²) in [6.45, 7) is 8.24. The third-order valence-electron chi connectivity index (χ3n) is 6.30. The van der Waals surface area contributed by atoms with Crippen molar-refractivity contribution in [3.05, 3.63) is 0 Å². The van der Waals surface area contributed by atoms with Gasteiger partial charge in [-0.1, -0.05) is 13.8 Å². The summed E-state index contributed by atoms with van der Waals surface area (Å²) < 4.78 is 10.3. The van der Waals surface area contributed by atoms with Gasteiger partial charge in [0.1, 0.15) is 41.4 Å². The van der Waals surface area contributed by atoms with Gasteiger partial charge in [-0.05, 0) is 27.7 Å². The Morgan fingerprint density at radius 2 is 1.48 bits per heavy atom. The number of carbonyl (C=O) groups excluding carboxylic acids is 2. The predicted octanol–water partition coefficient (Wildman–Crippen LogP) is -0.744. The molecule has 0 amide bonds. The number of aliphatic hydroxyl groups excluding tert-OH is 2. The molecule has 0 aromatic rings. The molecule has 1 saturated heterocycles. The van der Waals surface area contributed by atoms with E-state index in [9.17, 15) is 35.1 Å². The number of ether oxygens (including phenoxy) is 2. The van der Waals surface area contributed by atoms with E-state index in [-0.39, 0.29) is 0 Å². The number of hydrogen-bond donors (Lipinski definition) is 5. The molecule has 1 heterocycles. The first-order valence-electron chi connectivity index (χ1n) is 8.73. The van der Waals surface area contributed by atoms with Crippen LogP contribution in [-0.2, 0) is 19.1 Å². The molecule has 1 fully saturated rings. The average Bonchev–Trinajstić information content (AvgIpc) is 2.48. The second-order valence-corrected chi connectivity index (χ2v) is 8.44. The highest BCUT2D eigenvalue weighted by Crippen LogP contribution is 2.59. The molecule has 9 heteroatoms. The van der Waals surface area contributed by atoms with Gasteiger partial charge >= 0.3 is 5.97 Å². The number of esters is 1. The summed E-state index contributed by atoms with van der Waals surface area (Å²) in [7, 11) is 0. The molecule has 3 unspecified atom stereocenters. The van der Waals surface area contributed by atoms with Gasteiger partial charge in [0, 0.05) is 18.8 Å². The van der Waals surface area contributed by atoms with Gasteiger partial charge in [-0.25, -0.2) is 0 Å². The number of hydrogen-bond acceptors (Lipinski definition) is 9. The number of Topliss-reactive ketones (excluding diaryl/α,β-unsaturated/α-hetero) is 1. The summed E-state index contributed by atoms with van der Waals surface area (Å²) in [6.07, 6.45) is -4.26. The summed E-state index contributed by atoms with van der Waals surface area (Å²) in [4.78, 5) is 22.8. The van der Waals surface area contributed by atoms with E-state index in [2.05, 4.69) is 4.74 Å². The third kappa shape index (κ3) is 3.52. The lowest BCUT2D eigenvalue weighted by Crippen LogP contribution is -2.84. The van der Waals surface area contributed by atoms with E-state index >= 15 is 0 Å². The molecule has 9 nitrogen and oxygen atoms in total. The van der Waals surface area contributed by atoms with Crippen molar-refractivity contribution in [2.75, 3.05) is 6.61 Å². The molecule has 1 rings (SSSR count). The van der Waals surface area contributed by atoms with Crippen molar-refractivity contribution in [2.24, 2.45) is 5.41 Å². The highest BCUT2D eigenvalue weighted by atomic mass is 16.7. The first kappa shape index (κ1) is 23.9. The zero-order valence-electron chi connectivity index (χ0n) is 16.9. The quantitative estimate of drug-likeness (QED) is 0.368. The summed E-state index contributed by atoms with van der Waals surface area (Å²) >= 11 is 0. The van der Waals surface area contributed by atoms with Gasteiger partial charge < -0.3 is 35.0 Å². The molecule has 0 spiro atoms. The number of ketones is 1. The van der Waals surface area contributed by atoms with Crippen molar-refractivity contribution < 1.29 is 44.6 Å². The summed E-state index contributed by atoms with van der Waals surface area (Å²) in [5.41, 5.74) is -8.20. The van der Waals surface area contributed by atoms with Crippen LogP contribution in [0.1, 0.15) is 54.9 Å². The molecule has 0 aromatic heterocycles. The average molecular weight is 392 g/mol. The van der Waals surface area contributed by atoms with E-state index in [1.807, 2.05) is 0 Å². The Hall–Kier alpha value is -1.10. The third-order valence-corrected chi connectivity index (χ3v) is 6.30.